The number of furan rings is 1. The zero-order valence-electron chi connectivity index (χ0n) is 17.6. The number of carbonyl (C=O) groups is 1. The number of anilines is 2. The molecule has 3 aromatic heterocycles. The lowest BCUT2D eigenvalue weighted by Crippen LogP contribution is -2.28. The molecule has 0 spiro atoms. The minimum Gasteiger partial charge on any atom is -0.467 e. The standard InChI is InChI=1S/C23H24N4O3S/c1-14(2)12-24-18-11-20(28)27(13-16-7-6-10-30-16)15(3)21(18)22(29)26-23-25-17-8-4-5-9-19(17)31-23/h4-11,14,24H,12-13H2,1-3H3,(H,25,26,29). The molecule has 0 aliphatic heterocycles. The summed E-state index contributed by atoms with van der Waals surface area (Å²) in [6.45, 7) is 6.81. The van der Waals surface area contributed by atoms with Crippen molar-refractivity contribution in [1.29, 1.82) is 0 Å². The first kappa shape index (κ1) is 20.9. The van der Waals surface area contributed by atoms with Crippen molar-refractivity contribution in [3.8, 4) is 0 Å². The molecule has 0 fully saturated rings. The fraction of sp³-hybridized carbons (Fsp3) is 0.261. The van der Waals surface area contributed by atoms with Crippen LogP contribution in [0.5, 0.6) is 0 Å². The number of aromatic nitrogens is 2. The van der Waals surface area contributed by atoms with E-state index in [1.807, 2.05) is 24.3 Å². The number of pyridine rings is 1. The number of thiazole rings is 1. The van der Waals surface area contributed by atoms with Crippen molar-refractivity contribution < 1.29 is 9.21 Å². The maximum Gasteiger partial charge on any atom is 0.261 e. The van der Waals surface area contributed by atoms with Crippen LogP contribution in [0, 0.1) is 12.8 Å². The molecule has 1 aromatic carbocycles. The first-order valence-corrected chi connectivity index (χ1v) is 10.9. The third-order valence-corrected chi connectivity index (χ3v) is 5.86. The summed E-state index contributed by atoms with van der Waals surface area (Å²) in [5, 5.41) is 6.69. The maximum absolute atomic E-state index is 13.3. The number of fused-ring (bicyclic) bond motifs is 1. The molecule has 160 valence electrons. The Morgan fingerprint density at radius 3 is 2.74 bits per heavy atom. The molecule has 0 atom stereocenters. The zero-order chi connectivity index (χ0) is 22.0. The van der Waals surface area contributed by atoms with Crippen molar-refractivity contribution in [2.24, 2.45) is 5.92 Å². The van der Waals surface area contributed by atoms with Gasteiger partial charge in [-0.1, -0.05) is 37.3 Å². The highest BCUT2D eigenvalue weighted by atomic mass is 32.1. The first-order valence-electron chi connectivity index (χ1n) is 10.1. The highest BCUT2D eigenvalue weighted by Gasteiger charge is 2.21. The van der Waals surface area contributed by atoms with Gasteiger partial charge < -0.3 is 14.3 Å². The Bertz CT molecular complexity index is 1240. The Labute approximate surface area is 183 Å². The van der Waals surface area contributed by atoms with Crippen LogP contribution in [0.4, 0.5) is 10.8 Å². The summed E-state index contributed by atoms with van der Waals surface area (Å²) in [6.07, 6.45) is 1.56. The highest BCUT2D eigenvalue weighted by molar-refractivity contribution is 7.22. The molecule has 0 aliphatic rings. The maximum atomic E-state index is 13.3. The van der Waals surface area contributed by atoms with Gasteiger partial charge >= 0.3 is 0 Å². The first-order chi connectivity index (χ1) is 14.9. The predicted molar refractivity (Wildman–Crippen MR) is 124 cm³/mol. The second-order valence-electron chi connectivity index (χ2n) is 7.74. The van der Waals surface area contributed by atoms with Crippen LogP contribution in [0.3, 0.4) is 0 Å². The average Bonchev–Trinajstić information content (AvgIpc) is 3.38. The molecule has 0 unspecified atom stereocenters. The summed E-state index contributed by atoms with van der Waals surface area (Å²) in [4.78, 5) is 30.6. The van der Waals surface area contributed by atoms with Gasteiger partial charge in [0.2, 0.25) is 0 Å². The van der Waals surface area contributed by atoms with Gasteiger partial charge in [0.15, 0.2) is 5.13 Å². The number of amides is 1. The van der Waals surface area contributed by atoms with E-state index in [0.29, 0.717) is 40.3 Å². The molecule has 31 heavy (non-hydrogen) atoms. The minimum absolute atomic E-state index is 0.198. The van der Waals surface area contributed by atoms with E-state index < -0.39 is 0 Å². The van der Waals surface area contributed by atoms with Gasteiger partial charge in [0.1, 0.15) is 5.76 Å². The Kier molecular flexibility index (Phi) is 5.90. The number of nitrogens with zero attached hydrogens (tertiary/aromatic N) is 2. The molecular weight excluding hydrogens is 412 g/mol. The zero-order valence-corrected chi connectivity index (χ0v) is 18.5. The van der Waals surface area contributed by atoms with Crippen molar-refractivity contribution in [3.63, 3.8) is 0 Å². The van der Waals surface area contributed by atoms with Gasteiger partial charge in [0.05, 0.1) is 34.3 Å². The number of benzene rings is 1. The van der Waals surface area contributed by atoms with E-state index in [1.54, 1.807) is 29.9 Å². The van der Waals surface area contributed by atoms with E-state index >= 15 is 0 Å². The largest absolute Gasteiger partial charge is 0.467 e. The van der Waals surface area contributed by atoms with E-state index in [-0.39, 0.29) is 18.0 Å². The molecule has 3 heterocycles. The molecule has 2 N–H and O–H groups in total. The third-order valence-electron chi connectivity index (χ3n) is 4.91. The van der Waals surface area contributed by atoms with Crippen molar-refractivity contribution in [3.05, 3.63) is 76.1 Å². The fourth-order valence-electron chi connectivity index (χ4n) is 3.35. The summed E-state index contributed by atoms with van der Waals surface area (Å²) in [6, 6.07) is 12.8. The molecule has 8 heteroatoms. The number of hydrogen-bond acceptors (Lipinski definition) is 6. The van der Waals surface area contributed by atoms with Gasteiger partial charge in [-0.2, -0.15) is 0 Å². The van der Waals surface area contributed by atoms with E-state index in [2.05, 4.69) is 29.5 Å². The highest BCUT2D eigenvalue weighted by Crippen LogP contribution is 2.27. The predicted octanol–water partition coefficient (Wildman–Crippen LogP) is 4.73. The Balaban J connectivity index is 1.72. The monoisotopic (exact) mass is 436 g/mol. The van der Waals surface area contributed by atoms with Gasteiger partial charge in [-0.25, -0.2) is 4.98 Å². The Hall–Kier alpha value is -3.39. The van der Waals surface area contributed by atoms with Crippen LogP contribution in [0.15, 0.2) is 57.9 Å². The van der Waals surface area contributed by atoms with Crippen LogP contribution >= 0.6 is 11.3 Å². The SMILES string of the molecule is Cc1c(C(=O)Nc2nc3ccccc3s2)c(NCC(C)C)cc(=O)n1Cc1ccco1. The van der Waals surface area contributed by atoms with Crippen LogP contribution < -0.4 is 16.2 Å². The summed E-state index contributed by atoms with van der Waals surface area (Å²) in [5.41, 5.74) is 2.14. The van der Waals surface area contributed by atoms with E-state index in [0.717, 1.165) is 10.2 Å². The summed E-state index contributed by atoms with van der Waals surface area (Å²) < 4.78 is 7.95. The lowest BCUT2D eigenvalue weighted by atomic mass is 10.1. The lowest BCUT2D eigenvalue weighted by Gasteiger charge is -2.18. The van der Waals surface area contributed by atoms with Crippen molar-refractivity contribution >= 4 is 38.3 Å². The van der Waals surface area contributed by atoms with E-state index in [1.165, 1.54) is 17.4 Å². The van der Waals surface area contributed by atoms with Gasteiger partial charge in [-0.15, -0.1) is 0 Å². The second-order valence-corrected chi connectivity index (χ2v) is 8.77. The molecule has 0 saturated carbocycles. The normalized spacial score (nSPS) is 11.2. The lowest BCUT2D eigenvalue weighted by molar-refractivity contribution is 0.102. The van der Waals surface area contributed by atoms with Crippen LogP contribution in [0.2, 0.25) is 0 Å². The molecule has 0 saturated heterocycles. The summed E-state index contributed by atoms with van der Waals surface area (Å²) in [5.74, 6) is 0.688. The molecule has 0 radical (unpaired) electrons. The van der Waals surface area contributed by atoms with Crippen LogP contribution in [-0.4, -0.2) is 22.0 Å². The van der Waals surface area contributed by atoms with E-state index in [9.17, 15) is 9.59 Å². The summed E-state index contributed by atoms with van der Waals surface area (Å²) >= 11 is 1.41. The number of rotatable bonds is 7. The quantitative estimate of drug-likeness (QED) is 0.437. The number of hydrogen-bond donors (Lipinski definition) is 2. The van der Waals surface area contributed by atoms with Crippen LogP contribution in [-0.2, 0) is 6.54 Å². The van der Waals surface area contributed by atoms with Gasteiger partial charge in [-0.05, 0) is 37.1 Å². The van der Waals surface area contributed by atoms with Crippen molar-refractivity contribution in [2.75, 3.05) is 17.2 Å². The minimum atomic E-state index is -0.309. The van der Waals surface area contributed by atoms with E-state index in [4.69, 9.17) is 4.42 Å². The number of carbonyl (C=O) groups excluding carboxylic acids is 1. The Morgan fingerprint density at radius 2 is 2.03 bits per heavy atom. The smallest absolute Gasteiger partial charge is 0.261 e. The van der Waals surface area contributed by atoms with Gasteiger partial charge in [-0.3, -0.25) is 14.9 Å². The van der Waals surface area contributed by atoms with Crippen LogP contribution in [0.25, 0.3) is 10.2 Å². The van der Waals surface area contributed by atoms with Crippen LogP contribution in [0.1, 0.15) is 35.7 Å². The fourth-order valence-corrected chi connectivity index (χ4v) is 4.21. The topological polar surface area (TPSA) is 89.2 Å². The summed E-state index contributed by atoms with van der Waals surface area (Å²) in [7, 11) is 0. The molecule has 4 rings (SSSR count). The number of para-hydroxylation sites is 1. The van der Waals surface area contributed by atoms with Gasteiger partial charge in [0, 0.05) is 18.3 Å². The molecule has 0 aliphatic carbocycles. The molecule has 4 aromatic rings. The third kappa shape index (κ3) is 4.54. The average molecular weight is 437 g/mol. The molecular formula is C23H24N4O3S. The van der Waals surface area contributed by atoms with Crippen molar-refractivity contribution in [1.82, 2.24) is 9.55 Å². The second kappa shape index (κ2) is 8.77. The Morgan fingerprint density at radius 1 is 1.23 bits per heavy atom. The molecule has 7 nitrogen and oxygen atoms in total. The molecule has 0 bridgehead atoms. The molecule has 1 amide bonds. The number of nitrogens with one attached hydrogen (secondary N) is 2. The van der Waals surface area contributed by atoms with Gasteiger partial charge in [0.25, 0.3) is 11.5 Å². The van der Waals surface area contributed by atoms with Crippen molar-refractivity contribution in [2.45, 2.75) is 27.3 Å².